The second-order valence-electron chi connectivity index (χ2n) is 5.41. The molecule has 7 nitrogen and oxygen atoms in total. The van der Waals surface area contributed by atoms with E-state index in [1.54, 1.807) is 56.5 Å². The fourth-order valence-corrected chi connectivity index (χ4v) is 2.24. The lowest BCUT2D eigenvalue weighted by Crippen LogP contribution is -2.09. The fourth-order valence-electron chi connectivity index (χ4n) is 2.24. The van der Waals surface area contributed by atoms with Crippen LogP contribution in [0.15, 0.2) is 52.9 Å². The molecule has 1 heterocycles. The molecule has 2 aromatic carbocycles. The van der Waals surface area contributed by atoms with E-state index in [2.05, 4.69) is 10.2 Å². The summed E-state index contributed by atoms with van der Waals surface area (Å²) in [5, 5.41) is 16.8. The van der Waals surface area contributed by atoms with Crippen LogP contribution in [0, 0.1) is 11.3 Å². The highest BCUT2D eigenvalue weighted by Gasteiger charge is 2.20. The van der Waals surface area contributed by atoms with Gasteiger partial charge in [0, 0.05) is 5.56 Å². The fraction of sp³-hybridized carbons (Fsp3) is 0.158. The first kappa shape index (κ1) is 17.2. The van der Waals surface area contributed by atoms with Crippen molar-refractivity contribution in [1.29, 1.82) is 5.26 Å². The maximum Gasteiger partial charge on any atom is 0.338 e. The predicted molar refractivity (Wildman–Crippen MR) is 91.3 cm³/mol. The van der Waals surface area contributed by atoms with Crippen molar-refractivity contribution in [3.8, 4) is 23.3 Å². The van der Waals surface area contributed by atoms with Gasteiger partial charge in [-0.25, -0.2) is 4.79 Å². The summed E-state index contributed by atoms with van der Waals surface area (Å²) >= 11 is 0. The first-order valence-corrected chi connectivity index (χ1v) is 7.79. The normalized spacial score (nSPS) is 11.4. The maximum absolute atomic E-state index is 12.2. The molecule has 26 heavy (non-hydrogen) atoms. The Labute approximate surface area is 149 Å². The number of hydrogen-bond acceptors (Lipinski definition) is 7. The summed E-state index contributed by atoms with van der Waals surface area (Å²) in [6.45, 7) is 1.64. The number of nitrogens with zero attached hydrogens (tertiary/aromatic N) is 3. The number of ether oxygens (including phenoxy) is 2. The van der Waals surface area contributed by atoms with Crippen molar-refractivity contribution in [2.75, 3.05) is 7.11 Å². The van der Waals surface area contributed by atoms with Gasteiger partial charge in [0.05, 0.1) is 24.3 Å². The molecular weight excluding hydrogens is 334 g/mol. The molecular formula is C19H15N3O4. The van der Waals surface area contributed by atoms with Gasteiger partial charge in [-0.3, -0.25) is 0 Å². The number of benzene rings is 2. The highest BCUT2D eigenvalue weighted by atomic mass is 16.6. The second-order valence-corrected chi connectivity index (χ2v) is 5.41. The largest absolute Gasteiger partial charge is 0.497 e. The quantitative estimate of drug-likeness (QED) is 0.650. The summed E-state index contributed by atoms with van der Waals surface area (Å²) in [7, 11) is 1.59. The van der Waals surface area contributed by atoms with Crippen LogP contribution in [0.1, 0.15) is 34.8 Å². The Hall–Kier alpha value is -3.66. The highest BCUT2D eigenvalue weighted by molar-refractivity contribution is 5.89. The molecule has 0 amide bonds. The number of aromatic nitrogens is 2. The van der Waals surface area contributed by atoms with Gasteiger partial charge in [-0.2, -0.15) is 5.26 Å². The smallest absolute Gasteiger partial charge is 0.338 e. The van der Waals surface area contributed by atoms with Crippen LogP contribution in [-0.4, -0.2) is 23.3 Å². The average Bonchev–Trinajstić information content (AvgIpc) is 3.18. The topological polar surface area (TPSA) is 98.2 Å². The highest BCUT2D eigenvalue weighted by Crippen LogP contribution is 2.24. The van der Waals surface area contributed by atoms with E-state index in [1.165, 1.54) is 6.07 Å². The molecule has 0 saturated heterocycles. The van der Waals surface area contributed by atoms with E-state index >= 15 is 0 Å². The molecule has 7 heteroatoms. The maximum atomic E-state index is 12.2. The van der Waals surface area contributed by atoms with E-state index in [0.29, 0.717) is 11.5 Å². The number of methoxy groups -OCH3 is 1. The minimum absolute atomic E-state index is 0.181. The Kier molecular flexibility index (Phi) is 4.94. The lowest BCUT2D eigenvalue weighted by Gasteiger charge is -2.09. The number of carbonyl (C=O) groups excluding carboxylic acids is 1. The van der Waals surface area contributed by atoms with Gasteiger partial charge in [0.1, 0.15) is 5.75 Å². The van der Waals surface area contributed by atoms with Crippen LogP contribution in [0.4, 0.5) is 0 Å². The van der Waals surface area contributed by atoms with Crippen molar-refractivity contribution < 1.29 is 18.7 Å². The van der Waals surface area contributed by atoms with Crippen molar-refractivity contribution >= 4 is 5.97 Å². The average molecular weight is 349 g/mol. The number of esters is 1. The molecule has 0 fully saturated rings. The van der Waals surface area contributed by atoms with Gasteiger partial charge < -0.3 is 13.9 Å². The molecule has 1 atom stereocenters. The van der Waals surface area contributed by atoms with Crippen LogP contribution >= 0.6 is 0 Å². The molecule has 0 spiro atoms. The second kappa shape index (κ2) is 7.49. The molecule has 0 saturated carbocycles. The van der Waals surface area contributed by atoms with Crippen LogP contribution in [0.5, 0.6) is 5.75 Å². The molecule has 0 radical (unpaired) electrons. The molecule has 1 aromatic heterocycles. The lowest BCUT2D eigenvalue weighted by atomic mass is 10.1. The van der Waals surface area contributed by atoms with Gasteiger partial charge in [0.15, 0.2) is 6.10 Å². The predicted octanol–water partition coefficient (Wildman–Crippen LogP) is 3.53. The summed E-state index contributed by atoms with van der Waals surface area (Å²) in [4.78, 5) is 12.2. The van der Waals surface area contributed by atoms with Gasteiger partial charge in [-0.05, 0) is 49.4 Å². The van der Waals surface area contributed by atoms with Crippen molar-refractivity contribution in [2.24, 2.45) is 0 Å². The third kappa shape index (κ3) is 3.70. The Morgan fingerprint density at radius 2 is 1.96 bits per heavy atom. The zero-order valence-corrected chi connectivity index (χ0v) is 14.2. The Balaban J connectivity index is 1.72. The molecule has 0 aliphatic rings. The first-order chi connectivity index (χ1) is 12.6. The number of carbonyl (C=O) groups is 1. The van der Waals surface area contributed by atoms with Gasteiger partial charge in [0.25, 0.3) is 5.89 Å². The molecule has 0 aliphatic heterocycles. The molecule has 0 aliphatic carbocycles. The van der Waals surface area contributed by atoms with E-state index in [-0.39, 0.29) is 11.5 Å². The molecule has 130 valence electrons. The molecule has 3 aromatic rings. The molecule has 0 N–H and O–H groups in total. The third-order valence-corrected chi connectivity index (χ3v) is 3.64. The number of rotatable bonds is 5. The zero-order chi connectivity index (χ0) is 18.5. The van der Waals surface area contributed by atoms with Gasteiger partial charge in [-0.15, -0.1) is 10.2 Å². The van der Waals surface area contributed by atoms with Gasteiger partial charge in [0.2, 0.25) is 5.89 Å². The van der Waals surface area contributed by atoms with E-state index in [9.17, 15) is 4.79 Å². The summed E-state index contributed by atoms with van der Waals surface area (Å²) in [6, 6.07) is 15.4. The van der Waals surface area contributed by atoms with Crippen molar-refractivity contribution in [3.63, 3.8) is 0 Å². The van der Waals surface area contributed by atoms with E-state index < -0.39 is 12.1 Å². The summed E-state index contributed by atoms with van der Waals surface area (Å²) in [6.07, 6.45) is -0.729. The number of nitriles is 1. The Morgan fingerprint density at radius 3 is 2.65 bits per heavy atom. The van der Waals surface area contributed by atoms with E-state index in [4.69, 9.17) is 19.2 Å². The summed E-state index contributed by atoms with van der Waals surface area (Å²) in [5.74, 6) is 0.645. The van der Waals surface area contributed by atoms with Crippen LogP contribution in [0.3, 0.4) is 0 Å². The van der Waals surface area contributed by atoms with Gasteiger partial charge in [-0.1, -0.05) is 6.07 Å². The molecule has 0 bridgehead atoms. The minimum atomic E-state index is -0.729. The molecule has 0 unspecified atom stereocenters. The standard InChI is InChI=1S/C19H15N3O4/c1-12(25-19(23)15-5-3-4-13(10-15)11-20)17-21-22-18(26-17)14-6-8-16(24-2)9-7-14/h3-10,12H,1-2H3/t12-/m1/s1. The first-order valence-electron chi connectivity index (χ1n) is 7.79. The van der Waals surface area contributed by atoms with Crippen molar-refractivity contribution in [1.82, 2.24) is 10.2 Å². The van der Waals surface area contributed by atoms with Crippen molar-refractivity contribution in [3.05, 3.63) is 65.5 Å². The van der Waals surface area contributed by atoms with Gasteiger partial charge >= 0.3 is 5.97 Å². The summed E-state index contributed by atoms with van der Waals surface area (Å²) < 4.78 is 16.0. The Morgan fingerprint density at radius 1 is 1.19 bits per heavy atom. The van der Waals surface area contributed by atoms with Crippen LogP contribution in [-0.2, 0) is 4.74 Å². The number of hydrogen-bond donors (Lipinski definition) is 0. The minimum Gasteiger partial charge on any atom is -0.497 e. The van der Waals surface area contributed by atoms with Crippen molar-refractivity contribution in [2.45, 2.75) is 13.0 Å². The van der Waals surface area contributed by atoms with Crippen LogP contribution in [0.25, 0.3) is 11.5 Å². The summed E-state index contributed by atoms with van der Waals surface area (Å²) in [5.41, 5.74) is 1.39. The Bertz CT molecular complexity index is 957. The van der Waals surface area contributed by atoms with E-state index in [0.717, 1.165) is 11.3 Å². The zero-order valence-electron chi connectivity index (χ0n) is 14.2. The monoisotopic (exact) mass is 349 g/mol. The lowest BCUT2D eigenvalue weighted by molar-refractivity contribution is 0.0280. The van der Waals surface area contributed by atoms with Crippen LogP contribution in [0.2, 0.25) is 0 Å². The SMILES string of the molecule is COc1ccc(-c2nnc([C@@H](C)OC(=O)c3cccc(C#N)c3)o2)cc1. The van der Waals surface area contributed by atoms with E-state index in [1.807, 2.05) is 6.07 Å². The molecule has 3 rings (SSSR count). The third-order valence-electron chi connectivity index (χ3n) is 3.64. The van der Waals surface area contributed by atoms with Crippen LogP contribution < -0.4 is 4.74 Å².